The molecule has 6 heteroatoms. The first-order valence-electron chi connectivity index (χ1n) is 5.55. The van der Waals surface area contributed by atoms with Crippen molar-refractivity contribution in [1.82, 2.24) is 0 Å². The maximum absolute atomic E-state index is 11.6. The summed E-state index contributed by atoms with van der Waals surface area (Å²) >= 11 is 0. The highest BCUT2D eigenvalue weighted by molar-refractivity contribution is 5.83. The van der Waals surface area contributed by atoms with Crippen molar-refractivity contribution in [2.24, 2.45) is 11.8 Å². The maximum Gasteiger partial charge on any atom is 0.309 e. The van der Waals surface area contributed by atoms with Crippen LogP contribution in [0.5, 0.6) is 0 Å². The summed E-state index contributed by atoms with van der Waals surface area (Å²) in [6, 6.07) is 0. The monoisotopic (exact) mass is 256 g/mol. The summed E-state index contributed by atoms with van der Waals surface area (Å²) in [5.74, 6) is -3.21. The lowest BCUT2D eigenvalue weighted by molar-refractivity contribution is -0.157. The van der Waals surface area contributed by atoms with E-state index in [-0.39, 0.29) is 12.8 Å². The number of hydrogen-bond donors (Lipinski definition) is 1. The second kappa shape index (κ2) is 6.18. The van der Waals surface area contributed by atoms with Crippen LogP contribution in [0.1, 0.15) is 19.3 Å². The highest BCUT2D eigenvalue weighted by Gasteiger charge is 2.37. The summed E-state index contributed by atoms with van der Waals surface area (Å²) < 4.78 is 9.29. The van der Waals surface area contributed by atoms with Gasteiger partial charge in [0, 0.05) is 0 Å². The van der Waals surface area contributed by atoms with E-state index in [1.807, 2.05) is 0 Å². The van der Waals surface area contributed by atoms with E-state index in [4.69, 9.17) is 5.11 Å². The number of carbonyl (C=O) groups excluding carboxylic acids is 2. The van der Waals surface area contributed by atoms with Crippen LogP contribution in [0.2, 0.25) is 0 Å². The Morgan fingerprint density at radius 3 is 2.28 bits per heavy atom. The van der Waals surface area contributed by atoms with E-state index >= 15 is 0 Å². The number of rotatable bonds is 4. The molecule has 1 rings (SSSR count). The zero-order valence-corrected chi connectivity index (χ0v) is 10.3. The van der Waals surface area contributed by atoms with Crippen LogP contribution in [-0.4, -0.2) is 37.2 Å². The van der Waals surface area contributed by atoms with Crippen molar-refractivity contribution in [1.29, 1.82) is 0 Å². The average molecular weight is 256 g/mol. The molecule has 0 aromatic carbocycles. The minimum atomic E-state index is -0.957. The van der Waals surface area contributed by atoms with E-state index in [9.17, 15) is 14.4 Å². The number of allylic oxidation sites excluding steroid dienone is 1. The molecule has 18 heavy (non-hydrogen) atoms. The SMILES string of the molecule is COC(=O)[C@H]1CC=C(CC(=O)O)C[C@@H]1C(=O)OC. The van der Waals surface area contributed by atoms with E-state index in [1.54, 1.807) is 6.08 Å². The molecule has 0 bridgehead atoms. The Labute approximate surface area is 105 Å². The first-order valence-corrected chi connectivity index (χ1v) is 5.55. The fraction of sp³-hybridized carbons (Fsp3) is 0.583. The molecule has 0 heterocycles. The number of aliphatic carboxylic acids is 1. The first kappa shape index (κ1) is 14.2. The zero-order chi connectivity index (χ0) is 13.7. The van der Waals surface area contributed by atoms with Crippen molar-refractivity contribution in [3.05, 3.63) is 11.6 Å². The molecule has 2 atom stereocenters. The highest BCUT2D eigenvalue weighted by Crippen LogP contribution is 2.32. The van der Waals surface area contributed by atoms with Crippen molar-refractivity contribution < 1.29 is 29.0 Å². The largest absolute Gasteiger partial charge is 0.481 e. The molecular weight excluding hydrogens is 240 g/mol. The van der Waals surface area contributed by atoms with Gasteiger partial charge in [-0.3, -0.25) is 14.4 Å². The van der Waals surface area contributed by atoms with E-state index in [2.05, 4.69) is 9.47 Å². The van der Waals surface area contributed by atoms with Crippen LogP contribution in [0, 0.1) is 11.8 Å². The molecule has 0 amide bonds. The molecule has 0 aliphatic heterocycles. The van der Waals surface area contributed by atoms with Gasteiger partial charge in [0.2, 0.25) is 0 Å². The zero-order valence-electron chi connectivity index (χ0n) is 10.3. The smallest absolute Gasteiger partial charge is 0.309 e. The first-order chi connectivity index (χ1) is 8.49. The standard InChI is InChI=1S/C12H16O6/c1-17-11(15)8-4-3-7(6-10(13)14)5-9(8)12(16)18-2/h3,8-9H,4-6H2,1-2H3,(H,13,14)/t8-,9-/m0/s1. The molecule has 100 valence electrons. The molecule has 0 aromatic heterocycles. The van der Waals surface area contributed by atoms with E-state index in [0.29, 0.717) is 12.0 Å². The number of hydrogen-bond acceptors (Lipinski definition) is 5. The van der Waals surface area contributed by atoms with Crippen LogP contribution >= 0.6 is 0 Å². The lowest BCUT2D eigenvalue weighted by Crippen LogP contribution is -2.34. The van der Waals surface area contributed by atoms with E-state index in [0.717, 1.165) is 0 Å². The normalized spacial score (nSPS) is 22.9. The van der Waals surface area contributed by atoms with Gasteiger partial charge in [0.05, 0.1) is 32.5 Å². The van der Waals surface area contributed by atoms with Gasteiger partial charge in [-0.15, -0.1) is 0 Å². The molecule has 0 saturated carbocycles. The van der Waals surface area contributed by atoms with Gasteiger partial charge >= 0.3 is 17.9 Å². The molecule has 0 radical (unpaired) electrons. The molecule has 0 spiro atoms. The fourth-order valence-electron chi connectivity index (χ4n) is 2.12. The Morgan fingerprint density at radius 2 is 1.78 bits per heavy atom. The van der Waals surface area contributed by atoms with E-state index < -0.39 is 29.7 Å². The Hall–Kier alpha value is -1.85. The second-order valence-electron chi connectivity index (χ2n) is 4.13. The van der Waals surface area contributed by atoms with Gasteiger partial charge in [-0.25, -0.2) is 0 Å². The van der Waals surface area contributed by atoms with Crippen molar-refractivity contribution in [3.63, 3.8) is 0 Å². The summed E-state index contributed by atoms with van der Waals surface area (Å²) in [6.45, 7) is 0. The highest BCUT2D eigenvalue weighted by atomic mass is 16.5. The van der Waals surface area contributed by atoms with Gasteiger partial charge in [0.25, 0.3) is 0 Å². The van der Waals surface area contributed by atoms with Gasteiger partial charge in [-0.2, -0.15) is 0 Å². The molecular formula is C12H16O6. The number of carbonyl (C=O) groups is 3. The number of carboxylic acids is 1. The molecule has 1 aliphatic rings. The summed E-state index contributed by atoms with van der Waals surface area (Å²) in [6.07, 6.45) is 2.09. The van der Waals surface area contributed by atoms with Crippen LogP contribution in [0.25, 0.3) is 0 Å². The number of esters is 2. The van der Waals surface area contributed by atoms with Crippen LogP contribution < -0.4 is 0 Å². The Bertz CT molecular complexity index is 384. The quantitative estimate of drug-likeness (QED) is 0.590. The molecule has 6 nitrogen and oxygen atoms in total. The predicted octanol–water partition coefficient (Wildman–Crippen LogP) is 0.760. The summed E-state index contributed by atoms with van der Waals surface area (Å²) in [7, 11) is 2.50. The van der Waals surface area contributed by atoms with Crippen molar-refractivity contribution >= 4 is 17.9 Å². The lowest BCUT2D eigenvalue weighted by Gasteiger charge is -2.27. The summed E-state index contributed by atoms with van der Waals surface area (Å²) in [4.78, 5) is 33.8. The Balaban J connectivity index is 2.87. The minimum Gasteiger partial charge on any atom is -0.481 e. The van der Waals surface area contributed by atoms with Crippen LogP contribution in [0.4, 0.5) is 0 Å². The molecule has 1 aliphatic carbocycles. The average Bonchev–Trinajstić information content (AvgIpc) is 2.36. The number of ether oxygens (including phenoxy) is 2. The van der Waals surface area contributed by atoms with Gasteiger partial charge in [0.1, 0.15) is 0 Å². The van der Waals surface area contributed by atoms with Gasteiger partial charge in [-0.1, -0.05) is 11.6 Å². The third kappa shape index (κ3) is 3.32. The lowest BCUT2D eigenvalue weighted by atomic mass is 9.78. The molecule has 0 aromatic rings. The Kier molecular flexibility index (Phi) is 4.88. The van der Waals surface area contributed by atoms with Crippen LogP contribution in [0.3, 0.4) is 0 Å². The van der Waals surface area contributed by atoms with Crippen LogP contribution in [0.15, 0.2) is 11.6 Å². The van der Waals surface area contributed by atoms with E-state index in [1.165, 1.54) is 14.2 Å². The third-order valence-electron chi connectivity index (χ3n) is 3.01. The van der Waals surface area contributed by atoms with Gasteiger partial charge in [0.15, 0.2) is 0 Å². The summed E-state index contributed by atoms with van der Waals surface area (Å²) in [5, 5.41) is 8.72. The summed E-state index contributed by atoms with van der Waals surface area (Å²) in [5.41, 5.74) is 0.637. The topological polar surface area (TPSA) is 89.9 Å². The molecule has 1 N–H and O–H groups in total. The van der Waals surface area contributed by atoms with Crippen molar-refractivity contribution in [2.75, 3.05) is 14.2 Å². The van der Waals surface area contributed by atoms with Crippen molar-refractivity contribution in [2.45, 2.75) is 19.3 Å². The van der Waals surface area contributed by atoms with Gasteiger partial charge in [-0.05, 0) is 12.8 Å². The molecule has 0 saturated heterocycles. The number of methoxy groups -OCH3 is 2. The van der Waals surface area contributed by atoms with Gasteiger partial charge < -0.3 is 14.6 Å². The Morgan fingerprint density at radius 1 is 1.22 bits per heavy atom. The minimum absolute atomic E-state index is 0.124. The molecule has 0 fully saturated rings. The maximum atomic E-state index is 11.6. The fourth-order valence-corrected chi connectivity index (χ4v) is 2.12. The second-order valence-corrected chi connectivity index (χ2v) is 4.13. The predicted molar refractivity (Wildman–Crippen MR) is 60.6 cm³/mol. The van der Waals surface area contributed by atoms with Crippen LogP contribution in [-0.2, 0) is 23.9 Å². The number of carboxylic acid groups (broad SMARTS) is 1. The van der Waals surface area contributed by atoms with Crippen molar-refractivity contribution in [3.8, 4) is 0 Å². The third-order valence-corrected chi connectivity index (χ3v) is 3.01. The molecule has 0 unspecified atom stereocenters.